The zero-order chi connectivity index (χ0) is 14.0. The van der Waals surface area contributed by atoms with Crippen LogP contribution in [0.5, 0.6) is 5.75 Å². The molecule has 0 radical (unpaired) electrons. The number of carboxylic acid groups (broad SMARTS) is 1. The Kier molecular flexibility index (Phi) is 3.44. The van der Waals surface area contributed by atoms with Gasteiger partial charge < -0.3 is 14.9 Å². The van der Waals surface area contributed by atoms with Gasteiger partial charge in [-0.1, -0.05) is 30.3 Å². The Morgan fingerprint density at radius 3 is 2.53 bits per heavy atom. The fraction of sp³-hybridized carbons (Fsp3) is 0.267. The summed E-state index contributed by atoms with van der Waals surface area (Å²) in [6.45, 7) is 3.24. The Morgan fingerprint density at radius 2 is 1.89 bits per heavy atom. The second-order valence-corrected chi connectivity index (χ2v) is 5.07. The second-order valence-electron chi connectivity index (χ2n) is 5.07. The molecule has 19 heavy (non-hydrogen) atoms. The van der Waals surface area contributed by atoms with E-state index in [-0.39, 0.29) is 17.9 Å². The molecule has 2 aromatic carbocycles. The molecule has 0 aliphatic rings. The zero-order valence-corrected chi connectivity index (χ0v) is 10.9. The molecule has 100 valence electrons. The Labute approximate surface area is 111 Å². The van der Waals surface area contributed by atoms with Crippen LogP contribution in [0.1, 0.15) is 24.2 Å². The van der Waals surface area contributed by atoms with Gasteiger partial charge in [0.2, 0.25) is 0 Å². The molecule has 0 aromatic heterocycles. The van der Waals surface area contributed by atoms with E-state index < -0.39 is 11.6 Å². The molecule has 4 heteroatoms. The number of carboxylic acids is 1. The highest BCUT2D eigenvalue weighted by molar-refractivity contribution is 6.06. The standard InChI is InChI=1S/C15H16O4/c1-15(2,18)9-19-12-8-7-10-5-3-4-6-11(10)13(12)14(16)17/h3-8,18H,9H2,1-2H3,(H,16,17). The van der Waals surface area contributed by atoms with Gasteiger partial charge in [0.1, 0.15) is 17.9 Å². The maximum Gasteiger partial charge on any atom is 0.340 e. The minimum absolute atomic E-state index is 0.0334. The van der Waals surface area contributed by atoms with E-state index in [0.29, 0.717) is 5.39 Å². The molecule has 0 unspecified atom stereocenters. The van der Waals surface area contributed by atoms with Crippen LogP contribution in [-0.4, -0.2) is 28.4 Å². The van der Waals surface area contributed by atoms with Crippen LogP contribution in [0, 0.1) is 0 Å². The van der Waals surface area contributed by atoms with Crippen molar-refractivity contribution < 1.29 is 19.7 Å². The van der Waals surface area contributed by atoms with Gasteiger partial charge in [-0.2, -0.15) is 0 Å². The molecule has 2 N–H and O–H groups in total. The van der Waals surface area contributed by atoms with Crippen LogP contribution in [0.3, 0.4) is 0 Å². The van der Waals surface area contributed by atoms with E-state index in [1.807, 2.05) is 18.2 Å². The molecule has 0 bridgehead atoms. The summed E-state index contributed by atoms with van der Waals surface area (Å²) < 4.78 is 5.44. The first-order valence-electron chi connectivity index (χ1n) is 5.99. The van der Waals surface area contributed by atoms with Gasteiger partial charge in [0.15, 0.2) is 0 Å². The molecule has 4 nitrogen and oxygen atoms in total. The minimum atomic E-state index is -1.04. The molecule has 0 heterocycles. The van der Waals surface area contributed by atoms with E-state index in [1.54, 1.807) is 32.0 Å². The zero-order valence-electron chi connectivity index (χ0n) is 10.9. The lowest BCUT2D eigenvalue weighted by Gasteiger charge is -2.19. The number of fused-ring (bicyclic) bond motifs is 1. The number of hydrogen-bond acceptors (Lipinski definition) is 3. The predicted molar refractivity (Wildman–Crippen MR) is 72.7 cm³/mol. The fourth-order valence-corrected chi connectivity index (χ4v) is 1.85. The Hall–Kier alpha value is -2.07. The molecular weight excluding hydrogens is 244 g/mol. The summed E-state index contributed by atoms with van der Waals surface area (Å²) in [5.41, 5.74) is -0.885. The lowest BCUT2D eigenvalue weighted by atomic mass is 10.0. The minimum Gasteiger partial charge on any atom is -0.490 e. The third kappa shape index (κ3) is 3.03. The number of carbonyl (C=O) groups is 1. The molecule has 0 saturated heterocycles. The molecule has 0 aliphatic carbocycles. The van der Waals surface area contributed by atoms with Gasteiger partial charge in [-0.25, -0.2) is 4.79 Å². The average molecular weight is 260 g/mol. The largest absolute Gasteiger partial charge is 0.490 e. The first-order valence-corrected chi connectivity index (χ1v) is 5.99. The second kappa shape index (κ2) is 4.90. The number of benzene rings is 2. The van der Waals surface area contributed by atoms with Gasteiger partial charge >= 0.3 is 5.97 Å². The Bertz CT molecular complexity index is 611. The predicted octanol–water partition coefficient (Wildman–Crippen LogP) is 2.69. The van der Waals surface area contributed by atoms with Crippen molar-refractivity contribution in [3.8, 4) is 5.75 Å². The van der Waals surface area contributed by atoms with Crippen LogP contribution >= 0.6 is 0 Å². The summed E-state index contributed by atoms with van der Waals surface area (Å²) >= 11 is 0. The third-order valence-corrected chi connectivity index (χ3v) is 2.69. The fourth-order valence-electron chi connectivity index (χ4n) is 1.85. The van der Waals surface area contributed by atoms with Gasteiger partial charge in [-0.05, 0) is 30.7 Å². The smallest absolute Gasteiger partial charge is 0.340 e. The van der Waals surface area contributed by atoms with Crippen LogP contribution in [0.2, 0.25) is 0 Å². The monoisotopic (exact) mass is 260 g/mol. The van der Waals surface area contributed by atoms with Gasteiger partial charge in [0.25, 0.3) is 0 Å². The van der Waals surface area contributed by atoms with E-state index in [0.717, 1.165) is 5.39 Å². The lowest BCUT2D eigenvalue weighted by Crippen LogP contribution is -2.28. The van der Waals surface area contributed by atoms with Crippen LogP contribution in [0.15, 0.2) is 36.4 Å². The summed E-state index contributed by atoms with van der Waals surface area (Å²) in [4.78, 5) is 11.4. The van der Waals surface area contributed by atoms with Crippen LogP contribution in [0.4, 0.5) is 0 Å². The topological polar surface area (TPSA) is 66.8 Å². The molecule has 0 spiro atoms. The maximum atomic E-state index is 11.4. The number of hydrogen-bond donors (Lipinski definition) is 2. The number of rotatable bonds is 4. The number of aliphatic hydroxyl groups is 1. The highest BCUT2D eigenvalue weighted by atomic mass is 16.5. The first-order chi connectivity index (χ1) is 8.88. The van der Waals surface area contributed by atoms with Crippen molar-refractivity contribution in [2.75, 3.05) is 6.61 Å². The average Bonchev–Trinajstić information content (AvgIpc) is 2.34. The molecule has 2 aromatic rings. The van der Waals surface area contributed by atoms with Crippen LogP contribution < -0.4 is 4.74 Å². The quantitative estimate of drug-likeness (QED) is 0.887. The maximum absolute atomic E-state index is 11.4. The first kappa shape index (κ1) is 13.4. The van der Waals surface area contributed by atoms with E-state index in [4.69, 9.17) is 4.74 Å². The van der Waals surface area contributed by atoms with Gasteiger partial charge in [-0.3, -0.25) is 0 Å². The van der Waals surface area contributed by atoms with Crippen molar-refractivity contribution >= 4 is 16.7 Å². The van der Waals surface area contributed by atoms with Gasteiger partial charge in [0.05, 0.1) is 5.60 Å². The summed E-state index contributed by atoms with van der Waals surface area (Å²) in [7, 11) is 0. The van der Waals surface area contributed by atoms with Crippen molar-refractivity contribution in [2.24, 2.45) is 0 Å². The van der Waals surface area contributed by atoms with E-state index >= 15 is 0 Å². The van der Waals surface area contributed by atoms with E-state index in [1.165, 1.54) is 0 Å². The van der Waals surface area contributed by atoms with Crippen LogP contribution in [-0.2, 0) is 0 Å². The van der Waals surface area contributed by atoms with Crippen molar-refractivity contribution in [3.05, 3.63) is 42.0 Å². The molecule has 2 rings (SSSR count). The number of aromatic carboxylic acids is 1. The molecule has 0 saturated carbocycles. The molecule has 0 fully saturated rings. The van der Waals surface area contributed by atoms with Gasteiger partial charge in [0, 0.05) is 0 Å². The van der Waals surface area contributed by atoms with E-state index in [9.17, 15) is 15.0 Å². The van der Waals surface area contributed by atoms with Crippen LogP contribution in [0.25, 0.3) is 10.8 Å². The molecule has 0 atom stereocenters. The third-order valence-electron chi connectivity index (χ3n) is 2.69. The van der Waals surface area contributed by atoms with Crippen molar-refractivity contribution in [1.82, 2.24) is 0 Å². The van der Waals surface area contributed by atoms with Crippen molar-refractivity contribution in [1.29, 1.82) is 0 Å². The highest BCUT2D eigenvalue weighted by Crippen LogP contribution is 2.28. The highest BCUT2D eigenvalue weighted by Gasteiger charge is 2.19. The number of ether oxygens (including phenoxy) is 1. The van der Waals surface area contributed by atoms with Crippen molar-refractivity contribution in [2.45, 2.75) is 19.4 Å². The Balaban J connectivity index is 2.49. The molecule has 0 aliphatic heterocycles. The SMILES string of the molecule is CC(C)(O)COc1ccc2ccccc2c1C(=O)O. The normalized spacial score (nSPS) is 11.5. The van der Waals surface area contributed by atoms with E-state index in [2.05, 4.69) is 0 Å². The summed E-state index contributed by atoms with van der Waals surface area (Å²) in [6, 6.07) is 10.7. The summed E-state index contributed by atoms with van der Waals surface area (Å²) in [5.74, 6) is -0.768. The van der Waals surface area contributed by atoms with Gasteiger partial charge in [-0.15, -0.1) is 0 Å². The molecule has 0 amide bonds. The Morgan fingerprint density at radius 1 is 1.21 bits per heavy atom. The van der Waals surface area contributed by atoms with Crippen molar-refractivity contribution in [3.63, 3.8) is 0 Å². The lowest BCUT2D eigenvalue weighted by molar-refractivity contribution is 0.0276. The summed E-state index contributed by atoms with van der Waals surface area (Å²) in [6.07, 6.45) is 0. The molecular formula is C15H16O4. The summed E-state index contributed by atoms with van der Waals surface area (Å²) in [5, 5.41) is 20.5.